The van der Waals surface area contributed by atoms with Gasteiger partial charge >= 0.3 is 0 Å². The van der Waals surface area contributed by atoms with Crippen molar-refractivity contribution in [2.45, 2.75) is 6.04 Å². The van der Waals surface area contributed by atoms with Crippen LogP contribution in [-0.4, -0.2) is 45.9 Å². The van der Waals surface area contributed by atoms with Crippen molar-refractivity contribution in [3.05, 3.63) is 30.2 Å². The van der Waals surface area contributed by atoms with E-state index in [0.29, 0.717) is 17.4 Å². The van der Waals surface area contributed by atoms with Crippen molar-refractivity contribution in [1.82, 2.24) is 19.7 Å². The molecule has 3 heterocycles. The highest BCUT2D eigenvalue weighted by Crippen LogP contribution is 2.25. The molecule has 20 heavy (non-hydrogen) atoms. The van der Waals surface area contributed by atoms with Crippen LogP contribution in [0.25, 0.3) is 0 Å². The van der Waals surface area contributed by atoms with Gasteiger partial charge in [-0.3, -0.25) is 9.48 Å². The second-order valence-corrected chi connectivity index (χ2v) is 4.53. The van der Waals surface area contributed by atoms with Crippen molar-refractivity contribution < 1.29 is 9.53 Å². The zero-order valence-corrected chi connectivity index (χ0v) is 10.9. The summed E-state index contributed by atoms with van der Waals surface area (Å²) in [6.07, 6.45) is 4.80. The minimum absolute atomic E-state index is 0.193. The fourth-order valence-electron chi connectivity index (χ4n) is 2.05. The average molecular weight is 274 g/mol. The third-order valence-electron chi connectivity index (χ3n) is 3.23. The van der Waals surface area contributed by atoms with Crippen LogP contribution in [0.5, 0.6) is 5.88 Å². The number of carbonyl (C=O) groups excluding carboxylic acids is 1. The van der Waals surface area contributed by atoms with Gasteiger partial charge in [0, 0.05) is 31.5 Å². The van der Waals surface area contributed by atoms with Crippen LogP contribution in [-0.2, 0) is 0 Å². The van der Waals surface area contributed by atoms with E-state index in [2.05, 4.69) is 15.1 Å². The Morgan fingerprint density at radius 1 is 1.50 bits per heavy atom. The lowest BCUT2D eigenvalue weighted by molar-refractivity contribution is 0.1000. The highest BCUT2D eigenvalue weighted by atomic mass is 16.5. The summed E-state index contributed by atoms with van der Waals surface area (Å²) >= 11 is 0. The van der Waals surface area contributed by atoms with Crippen molar-refractivity contribution >= 4 is 11.9 Å². The third kappa shape index (κ3) is 2.15. The molecule has 0 bridgehead atoms. The number of carbonyl (C=O) groups is 1. The van der Waals surface area contributed by atoms with Crippen molar-refractivity contribution in [3.8, 4) is 5.88 Å². The maximum atomic E-state index is 11.0. The van der Waals surface area contributed by atoms with Crippen molar-refractivity contribution in [2.24, 2.45) is 5.73 Å². The van der Waals surface area contributed by atoms with Crippen LogP contribution in [0.1, 0.15) is 16.4 Å². The maximum Gasteiger partial charge on any atom is 0.251 e. The molecule has 8 heteroatoms. The molecule has 0 spiro atoms. The van der Waals surface area contributed by atoms with Crippen LogP contribution in [0, 0.1) is 0 Å². The molecule has 0 aromatic carbocycles. The SMILES string of the molecule is COc1ccnc(N2CC(n3cc(C(N)=O)cn3)C2)n1. The van der Waals surface area contributed by atoms with Crippen LogP contribution in [0.2, 0.25) is 0 Å². The number of amides is 1. The quantitative estimate of drug-likeness (QED) is 0.831. The normalized spacial score (nSPS) is 14.9. The summed E-state index contributed by atoms with van der Waals surface area (Å²) in [5, 5.41) is 4.14. The first-order valence-corrected chi connectivity index (χ1v) is 6.13. The lowest BCUT2D eigenvalue weighted by Gasteiger charge is -2.39. The van der Waals surface area contributed by atoms with Gasteiger partial charge in [-0.1, -0.05) is 0 Å². The monoisotopic (exact) mass is 274 g/mol. The van der Waals surface area contributed by atoms with Crippen LogP contribution < -0.4 is 15.4 Å². The van der Waals surface area contributed by atoms with Crippen molar-refractivity contribution in [2.75, 3.05) is 25.1 Å². The second kappa shape index (κ2) is 4.80. The van der Waals surface area contributed by atoms with Gasteiger partial charge in [-0.2, -0.15) is 10.1 Å². The molecule has 8 nitrogen and oxygen atoms in total. The Labute approximate surface area is 115 Å². The van der Waals surface area contributed by atoms with Gasteiger partial charge in [-0.25, -0.2) is 4.98 Å². The molecule has 0 unspecified atom stereocenters. The summed E-state index contributed by atoms with van der Waals surface area (Å²) in [6.45, 7) is 1.46. The van der Waals surface area contributed by atoms with Crippen molar-refractivity contribution in [3.63, 3.8) is 0 Å². The molecule has 0 saturated carbocycles. The fraction of sp³-hybridized carbons (Fsp3) is 0.333. The van der Waals surface area contributed by atoms with Gasteiger partial charge in [-0.05, 0) is 0 Å². The molecular weight excluding hydrogens is 260 g/mol. The Morgan fingerprint density at radius 2 is 2.30 bits per heavy atom. The van der Waals surface area contributed by atoms with E-state index in [4.69, 9.17) is 10.5 Å². The summed E-state index contributed by atoms with van der Waals surface area (Å²) in [5.74, 6) is 0.694. The third-order valence-corrected chi connectivity index (χ3v) is 3.23. The topological polar surface area (TPSA) is 99.2 Å². The fourth-order valence-corrected chi connectivity index (χ4v) is 2.05. The number of methoxy groups -OCH3 is 1. The molecule has 104 valence electrons. The van der Waals surface area contributed by atoms with E-state index in [-0.39, 0.29) is 6.04 Å². The van der Waals surface area contributed by atoms with E-state index in [1.54, 1.807) is 30.3 Å². The molecule has 1 saturated heterocycles. The molecular formula is C12H14N6O2. The molecule has 2 aromatic rings. The number of nitrogens with zero attached hydrogens (tertiary/aromatic N) is 5. The number of hydrogen-bond donors (Lipinski definition) is 1. The number of nitrogens with two attached hydrogens (primary N) is 1. The van der Waals surface area contributed by atoms with Crippen LogP contribution in [0.3, 0.4) is 0 Å². The number of hydrogen-bond acceptors (Lipinski definition) is 6. The van der Waals surface area contributed by atoms with E-state index in [0.717, 1.165) is 13.1 Å². The minimum atomic E-state index is -0.469. The number of rotatable bonds is 4. The average Bonchev–Trinajstić information content (AvgIpc) is 2.87. The van der Waals surface area contributed by atoms with Gasteiger partial charge in [0.25, 0.3) is 5.91 Å². The zero-order chi connectivity index (χ0) is 14.1. The van der Waals surface area contributed by atoms with Crippen LogP contribution in [0.15, 0.2) is 24.7 Å². The smallest absolute Gasteiger partial charge is 0.251 e. The lowest BCUT2D eigenvalue weighted by atomic mass is 10.1. The molecule has 0 atom stereocenters. The van der Waals surface area contributed by atoms with Gasteiger partial charge in [-0.15, -0.1) is 0 Å². The zero-order valence-electron chi connectivity index (χ0n) is 10.9. The number of ether oxygens (including phenoxy) is 1. The van der Waals surface area contributed by atoms with Gasteiger partial charge in [0.1, 0.15) is 0 Å². The van der Waals surface area contributed by atoms with Gasteiger partial charge in [0.05, 0.1) is 24.9 Å². The highest BCUT2D eigenvalue weighted by molar-refractivity contribution is 5.92. The van der Waals surface area contributed by atoms with E-state index in [1.807, 2.05) is 4.90 Å². The van der Waals surface area contributed by atoms with Crippen LogP contribution in [0.4, 0.5) is 5.95 Å². The molecule has 3 rings (SSSR count). The van der Waals surface area contributed by atoms with Gasteiger partial charge in [0.15, 0.2) is 0 Å². The van der Waals surface area contributed by atoms with Gasteiger partial charge in [0.2, 0.25) is 11.8 Å². The van der Waals surface area contributed by atoms with E-state index < -0.39 is 5.91 Å². The Kier molecular flexibility index (Phi) is 2.97. The largest absolute Gasteiger partial charge is 0.481 e. The summed E-state index contributed by atoms with van der Waals surface area (Å²) in [6, 6.07) is 1.89. The van der Waals surface area contributed by atoms with Gasteiger partial charge < -0.3 is 15.4 Å². The first kappa shape index (κ1) is 12.4. The Hall–Kier alpha value is -2.64. The lowest BCUT2D eigenvalue weighted by Crippen LogP contribution is -2.48. The summed E-state index contributed by atoms with van der Waals surface area (Å²) < 4.78 is 6.81. The van der Waals surface area contributed by atoms with Crippen LogP contribution >= 0.6 is 0 Å². The molecule has 0 radical (unpaired) electrons. The Morgan fingerprint density at radius 3 is 2.95 bits per heavy atom. The number of anilines is 1. The molecule has 1 fully saturated rings. The summed E-state index contributed by atoms with van der Waals surface area (Å²) in [7, 11) is 1.57. The summed E-state index contributed by atoms with van der Waals surface area (Å²) in [4.78, 5) is 21.5. The predicted octanol–water partition coefficient (Wildman–Crippen LogP) is -0.158. The first-order valence-electron chi connectivity index (χ1n) is 6.13. The molecule has 1 amide bonds. The Balaban J connectivity index is 1.66. The molecule has 2 aromatic heterocycles. The Bertz CT molecular complexity index is 634. The first-order chi connectivity index (χ1) is 9.67. The van der Waals surface area contributed by atoms with E-state index in [9.17, 15) is 4.79 Å². The van der Waals surface area contributed by atoms with E-state index >= 15 is 0 Å². The maximum absolute atomic E-state index is 11.0. The predicted molar refractivity (Wildman–Crippen MR) is 70.6 cm³/mol. The van der Waals surface area contributed by atoms with Crippen molar-refractivity contribution in [1.29, 1.82) is 0 Å². The van der Waals surface area contributed by atoms with E-state index in [1.165, 1.54) is 6.20 Å². The standard InChI is InChI=1S/C12H14N6O2/c1-20-10-2-3-14-12(16-10)17-6-9(7-17)18-5-8(4-15-18)11(13)19/h2-5,9H,6-7H2,1H3,(H2,13,19). The molecule has 0 aliphatic carbocycles. The molecule has 2 N–H and O–H groups in total. The number of primary amides is 1. The second-order valence-electron chi connectivity index (χ2n) is 4.53. The summed E-state index contributed by atoms with van der Waals surface area (Å²) in [5.41, 5.74) is 5.62. The minimum Gasteiger partial charge on any atom is -0.481 e. The molecule has 1 aliphatic rings. The molecule has 1 aliphatic heterocycles. The number of aromatic nitrogens is 4. The highest BCUT2D eigenvalue weighted by Gasteiger charge is 2.31.